The smallest absolute Gasteiger partial charge is 0.234 e. The summed E-state index contributed by atoms with van der Waals surface area (Å²) in [6.07, 6.45) is 0. The predicted octanol–water partition coefficient (Wildman–Crippen LogP) is 4.08. The number of thioether (sulfide) groups is 1. The first kappa shape index (κ1) is 17.8. The molecule has 1 heterocycles. The first-order chi connectivity index (χ1) is 12.6. The van der Waals surface area contributed by atoms with Crippen LogP contribution >= 0.6 is 11.8 Å². The van der Waals surface area contributed by atoms with Crippen molar-refractivity contribution in [3.05, 3.63) is 72.3 Å². The Kier molecular flexibility index (Phi) is 5.76. The van der Waals surface area contributed by atoms with Gasteiger partial charge in [-0.05, 0) is 31.2 Å². The highest BCUT2D eigenvalue weighted by atomic mass is 32.2. The van der Waals surface area contributed by atoms with E-state index in [0.29, 0.717) is 16.3 Å². The summed E-state index contributed by atoms with van der Waals surface area (Å²) in [6.45, 7) is 1.49. The number of hydrogen-bond donors (Lipinski definition) is 1. The standard InChI is InChI=1S/C20H17N3O2S/c1-14(24)16-8-5-9-17(12-16)21-19(25)13-26-20-11-10-18(22-23-20)15-6-3-2-4-7-15/h2-12H,13H2,1H3,(H,21,25). The van der Waals surface area contributed by atoms with Crippen molar-refractivity contribution in [2.75, 3.05) is 11.1 Å². The summed E-state index contributed by atoms with van der Waals surface area (Å²) in [7, 11) is 0. The molecule has 130 valence electrons. The van der Waals surface area contributed by atoms with Crippen LogP contribution in [0.5, 0.6) is 0 Å². The Morgan fingerprint density at radius 1 is 0.962 bits per heavy atom. The molecule has 0 fully saturated rings. The first-order valence-corrected chi connectivity index (χ1v) is 9.03. The van der Waals surface area contributed by atoms with Crippen LogP contribution in [0.2, 0.25) is 0 Å². The highest BCUT2D eigenvalue weighted by Gasteiger charge is 2.07. The molecular formula is C20H17N3O2S. The van der Waals surface area contributed by atoms with Crippen LogP contribution in [-0.4, -0.2) is 27.6 Å². The second-order valence-electron chi connectivity index (χ2n) is 5.60. The number of ketones is 1. The monoisotopic (exact) mass is 363 g/mol. The molecule has 0 unspecified atom stereocenters. The van der Waals surface area contributed by atoms with Crippen LogP contribution in [0.15, 0.2) is 71.8 Å². The number of hydrogen-bond acceptors (Lipinski definition) is 5. The number of amides is 1. The van der Waals surface area contributed by atoms with Crippen LogP contribution < -0.4 is 5.32 Å². The molecule has 26 heavy (non-hydrogen) atoms. The lowest BCUT2D eigenvalue weighted by Crippen LogP contribution is -2.14. The second-order valence-corrected chi connectivity index (χ2v) is 6.59. The predicted molar refractivity (Wildman–Crippen MR) is 103 cm³/mol. The fourth-order valence-electron chi connectivity index (χ4n) is 2.31. The Morgan fingerprint density at radius 3 is 2.46 bits per heavy atom. The number of rotatable bonds is 6. The SMILES string of the molecule is CC(=O)c1cccc(NC(=O)CSc2ccc(-c3ccccc3)nn2)c1. The summed E-state index contributed by atoms with van der Waals surface area (Å²) in [4.78, 5) is 23.5. The van der Waals surface area contributed by atoms with Gasteiger partial charge in [-0.2, -0.15) is 0 Å². The summed E-state index contributed by atoms with van der Waals surface area (Å²) in [6, 6.07) is 20.4. The van der Waals surface area contributed by atoms with Gasteiger partial charge in [0.1, 0.15) is 5.03 Å². The summed E-state index contributed by atoms with van der Waals surface area (Å²) in [5, 5.41) is 11.8. The Morgan fingerprint density at radius 2 is 1.77 bits per heavy atom. The number of aromatic nitrogens is 2. The Bertz CT molecular complexity index is 912. The van der Waals surface area contributed by atoms with Crippen LogP contribution in [0.4, 0.5) is 5.69 Å². The number of Topliss-reactive ketones (excluding diaryl/α,β-unsaturated/α-hetero) is 1. The van der Waals surface area contributed by atoms with Gasteiger partial charge in [0, 0.05) is 16.8 Å². The van der Waals surface area contributed by atoms with Crippen molar-refractivity contribution >= 4 is 29.1 Å². The van der Waals surface area contributed by atoms with E-state index in [4.69, 9.17) is 0 Å². The van der Waals surface area contributed by atoms with Gasteiger partial charge < -0.3 is 5.32 Å². The first-order valence-electron chi connectivity index (χ1n) is 8.04. The molecule has 0 saturated carbocycles. The molecule has 0 aliphatic rings. The minimum Gasteiger partial charge on any atom is -0.325 e. The third kappa shape index (κ3) is 4.77. The van der Waals surface area contributed by atoms with E-state index in [1.165, 1.54) is 18.7 Å². The zero-order valence-electron chi connectivity index (χ0n) is 14.2. The lowest BCUT2D eigenvalue weighted by atomic mass is 10.1. The normalized spacial score (nSPS) is 10.3. The van der Waals surface area contributed by atoms with Crippen LogP contribution in [0.3, 0.4) is 0 Å². The lowest BCUT2D eigenvalue weighted by molar-refractivity contribution is -0.113. The van der Waals surface area contributed by atoms with Crippen molar-refractivity contribution in [1.82, 2.24) is 10.2 Å². The maximum atomic E-state index is 12.1. The molecule has 0 aliphatic carbocycles. The number of carbonyl (C=O) groups is 2. The van der Waals surface area contributed by atoms with Crippen molar-refractivity contribution < 1.29 is 9.59 Å². The molecule has 5 nitrogen and oxygen atoms in total. The molecule has 1 N–H and O–H groups in total. The quantitative estimate of drug-likeness (QED) is 0.528. The molecule has 0 spiro atoms. The minimum atomic E-state index is -0.162. The summed E-state index contributed by atoms with van der Waals surface area (Å²) in [5.41, 5.74) is 2.96. The third-order valence-corrected chi connectivity index (χ3v) is 4.53. The molecule has 1 aromatic heterocycles. The van der Waals surface area contributed by atoms with E-state index in [1.807, 2.05) is 42.5 Å². The largest absolute Gasteiger partial charge is 0.325 e. The minimum absolute atomic E-state index is 0.0377. The maximum absolute atomic E-state index is 12.1. The van der Waals surface area contributed by atoms with Crippen molar-refractivity contribution in [3.63, 3.8) is 0 Å². The van der Waals surface area contributed by atoms with E-state index in [2.05, 4.69) is 15.5 Å². The van der Waals surface area contributed by atoms with Crippen LogP contribution in [0.1, 0.15) is 17.3 Å². The molecule has 6 heteroatoms. The average Bonchev–Trinajstić information content (AvgIpc) is 2.68. The molecule has 0 aliphatic heterocycles. The van der Waals surface area contributed by atoms with Crippen LogP contribution in [0, 0.1) is 0 Å². The average molecular weight is 363 g/mol. The van der Waals surface area contributed by atoms with Crippen LogP contribution in [0.25, 0.3) is 11.3 Å². The molecule has 1 amide bonds. The fourth-order valence-corrected chi connectivity index (χ4v) is 2.93. The Labute approximate surface area is 155 Å². The van der Waals surface area contributed by atoms with E-state index in [9.17, 15) is 9.59 Å². The van der Waals surface area contributed by atoms with E-state index >= 15 is 0 Å². The summed E-state index contributed by atoms with van der Waals surface area (Å²) >= 11 is 1.31. The van der Waals surface area contributed by atoms with E-state index < -0.39 is 0 Å². The van der Waals surface area contributed by atoms with Crippen molar-refractivity contribution in [3.8, 4) is 11.3 Å². The zero-order valence-corrected chi connectivity index (χ0v) is 15.0. The van der Waals surface area contributed by atoms with Gasteiger partial charge in [-0.25, -0.2) is 0 Å². The highest BCUT2D eigenvalue weighted by molar-refractivity contribution is 7.99. The van der Waals surface area contributed by atoms with E-state index in [-0.39, 0.29) is 17.4 Å². The number of carbonyl (C=O) groups excluding carboxylic acids is 2. The molecular weight excluding hydrogens is 346 g/mol. The molecule has 0 atom stereocenters. The van der Waals surface area contributed by atoms with Gasteiger partial charge in [-0.1, -0.05) is 54.2 Å². The fraction of sp³-hybridized carbons (Fsp3) is 0.100. The van der Waals surface area contributed by atoms with Gasteiger partial charge in [-0.15, -0.1) is 10.2 Å². The Hall–Kier alpha value is -2.99. The topological polar surface area (TPSA) is 72.0 Å². The summed E-state index contributed by atoms with van der Waals surface area (Å²) < 4.78 is 0. The van der Waals surface area contributed by atoms with Gasteiger partial charge in [0.25, 0.3) is 0 Å². The van der Waals surface area contributed by atoms with Crippen molar-refractivity contribution in [2.24, 2.45) is 0 Å². The second kappa shape index (κ2) is 8.40. The van der Waals surface area contributed by atoms with E-state index in [0.717, 1.165) is 11.3 Å². The van der Waals surface area contributed by atoms with Crippen molar-refractivity contribution in [1.29, 1.82) is 0 Å². The third-order valence-electron chi connectivity index (χ3n) is 3.61. The van der Waals surface area contributed by atoms with Gasteiger partial charge in [0.05, 0.1) is 11.4 Å². The van der Waals surface area contributed by atoms with Crippen LogP contribution in [-0.2, 0) is 4.79 Å². The molecule has 0 radical (unpaired) electrons. The lowest BCUT2D eigenvalue weighted by Gasteiger charge is -2.06. The molecule has 0 saturated heterocycles. The maximum Gasteiger partial charge on any atom is 0.234 e. The molecule has 3 rings (SSSR count). The van der Waals surface area contributed by atoms with Gasteiger partial charge in [-0.3, -0.25) is 9.59 Å². The van der Waals surface area contributed by atoms with Gasteiger partial charge >= 0.3 is 0 Å². The zero-order chi connectivity index (χ0) is 18.4. The van der Waals surface area contributed by atoms with E-state index in [1.54, 1.807) is 24.3 Å². The van der Waals surface area contributed by atoms with Gasteiger partial charge in [0.15, 0.2) is 5.78 Å². The number of anilines is 1. The molecule has 2 aromatic carbocycles. The number of benzene rings is 2. The highest BCUT2D eigenvalue weighted by Crippen LogP contribution is 2.20. The Balaban J connectivity index is 1.56. The van der Waals surface area contributed by atoms with Gasteiger partial charge in [0.2, 0.25) is 5.91 Å². The molecule has 3 aromatic rings. The van der Waals surface area contributed by atoms with Crippen molar-refractivity contribution in [2.45, 2.75) is 11.9 Å². The summed E-state index contributed by atoms with van der Waals surface area (Å²) in [5.74, 6) is 0.0119. The molecule has 0 bridgehead atoms. The number of nitrogens with zero attached hydrogens (tertiary/aromatic N) is 2. The number of nitrogens with one attached hydrogen (secondary N) is 1.